The maximum Gasteiger partial charge on any atom is 0.234 e. The van der Waals surface area contributed by atoms with Crippen LogP contribution >= 0.6 is 36.2 Å². The van der Waals surface area contributed by atoms with E-state index in [-0.39, 0.29) is 36.3 Å². The first kappa shape index (κ1) is 18.7. The van der Waals surface area contributed by atoms with Crippen molar-refractivity contribution < 1.29 is 4.79 Å². The number of carbonyl (C=O) groups is 1. The van der Waals surface area contributed by atoms with Gasteiger partial charge in [-0.3, -0.25) is 4.79 Å². The molecule has 1 aromatic heterocycles. The minimum absolute atomic E-state index is 0. The van der Waals surface area contributed by atoms with Crippen molar-refractivity contribution in [1.29, 1.82) is 0 Å². The fourth-order valence-electron chi connectivity index (χ4n) is 2.52. The third-order valence-electron chi connectivity index (χ3n) is 4.03. The van der Waals surface area contributed by atoms with Gasteiger partial charge in [0.1, 0.15) is 5.01 Å². The molecule has 2 fully saturated rings. The van der Waals surface area contributed by atoms with Gasteiger partial charge in [0.25, 0.3) is 0 Å². The number of thiazole rings is 1. The maximum absolute atomic E-state index is 12.0. The van der Waals surface area contributed by atoms with Crippen molar-refractivity contribution in [2.75, 3.05) is 13.1 Å². The SMILES string of the molecule is Cc1csc(C2(NC(=O)CNCC3CC3)CCC2)n1.Cl.Cl. The largest absolute Gasteiger partial charge is 0.343 e. The summed E-state index contributed by atoms with van der Waals surface area (Å²) >= 11 is 1.67. The molecular weight excluding hydrogens is 329 g/mol. The summed E-state index contributed by atoms with van der Waals surface area (Å²) < 4.78 is 0. The summed E-state index contributed by atoms with van der Waals surface area (Å²) in [6.07, 6.45) is 5.85. The van der Waals surface area contributed by atoms with E-state index in [1.54, 1.807) is 11.3 Å². The smallest absolute Gasteiger partial charge is 0.234 e. The molecule has 3 rings (SSSR count). The molecule has 0 atom stereocenters. The van der Waals surface area contributed by atoms with E-state index >= 15 is 0 Å². The Morgan fingerprint density at radius 3 is 2.62 bits per heavy atom. The lowest BCUT2D eigenvalue weighted by Gasteiger charge is -2.40. The lowest BCUT2D eigenvalue weighted by molar-refractivity contribution is -0.123. The molecule has 2 aliphatic carbocycles. The van der Waals surface area contributed by atoms with Crippen LogP contribution in [-0.2, 0) is 10.3 Å². The molecule has 7 heteroatoms. The number of amides is 1. The number of aromatic nitrogens is 1. The molecule has 2 aliphatic rings. The van der Waals surface area contributed by atoms with Gasteiger partial charge in [-0.1, -0.05) is 0 Å². The van der Waals surface area contributed by atoms with Crippen molar-refractivity contribution in [3.05, 3.63) is 16.1 Å². The van der Waals surface area contributed by atoms with Gasteiger partial charge in [-0.05, 0) is 51.5 Å². The summed E-state index contributed by atoms with van der Waals surface area (Å²) in [6, 6.07) is 0. The number of aryl methyl sites for hydroxylation is 1. The quantitative estimate of drug-likeness (QED) is 0.828. The first-order valence-corrected chi connectivity index (χ1v) is 8.00. The van der Waals surface area contributed by atoms with Crippen molar-refractivity contribution in [3.8, 4) is 0 Å². The summed E-state index contributed by atoms with van der Waals surface area (Å²) in [5, 5.41) is 9.58. The van der Waals surface area contributed by atoms with E-state index in [0.717, 1.165) is 36.0 Å². The second-order valence-electron chi connectivity index (χ2n) is 5.85. The van der Waals surface area contributed by atoms with Gasteiger partial charge in [0, 0.05) is 11.1 Å². The van der Waals surface area contributed by atoms with Crippen LogP contribution < -0.4 is 10.6 Å². The van der Waals surface area contributed by atoms with Gasteiger partial charge >= 0.3 is 0 Å². The van der Waals surface area contributed by atoms with Crippen molar-refractivity contribution >= 4 is 42.1 Å². The maximum atomic E-state index is 12.0. The molecule has 1 heterocycles. The fourth-order valence-corrected chi connectivity index (χ4v) is 3.53. The summed E-state index contributed by atoms with van der Waals surface area (Å²) in [4.78, 5) is 16.6. The number of hydrogen-bond acceptors (Lipinski definition) is 4. The molecule has 0 aliphatic heterocycles. The normalized spacial score (nSPS) is 18.9. The number of halogens is 2. The second kappa shape index (κ2) is 7.77. The third kappa shape index (κ3) is 4.55. The molecule has 0 bridgehead atoms. The van der Waals surface area contributed by atoms with Crippen LogP contribution in [0.5, 0.6) is 0 Å². The van der Waals surface area contributed by atoms with Gasteiger partial charge in [0.05, 0.1) is 12.1 Å². The van der Waals surface area contributed by atoms with Crippen LogP contribution in [0.4, 0.5) is 0 Å². The van der Waals surface area contributed by atoms with Crippen molar-refractivity contribution in [2.24, 2.45) is 5.92 Å². The summed E-state index contributed by atoms with van der Waals surface area (Å²) in [6.45, 7) is 3.42. The van der Waals surface area contributed by atoms with E-state index in [0.29, 0.717) is 6.54 Å². The summed E-state index contributed by atoms with van der Waals surface area (Å²) in [7, 11) is 0. The highest BCUT2D eigenvalue weighted by Crippen LogP contribution is 2.42. The predicted octanol–water partition coefficient (Wildman–Crippen LogP) is 2.79. The zero-order valence-corrected chi connectivity index (χ0v) is 14.6. The summed E-state index contributed by atoms with van der Waals surface area (Å²) in [5.41, 5.74) is 0.879. The van der Waals surface area contributed by atoms with Gasteiger partial charge in [-0.15, -0.1) is 36.2 Å². The molecule has 2 saturated carbocycles. The van der Waals surface area contributed by atoms with Crippen LogP contribution in [0.3, 0.4) is 0 Å². The Labute approximate surface area is 142 Å². The minimum atomic E-state index is -0.169. The zero-order chi connectivity index (χ0) is 13.3. The number of carbonyl (C=O) groups excluding carboxylic acids is 1. The van der Waals surface area contributed by atoms with Gasteiger partial charge in [0.15, 0.2) is 0 Å². The molecule has 1 amide bonds. The molecule has 0 spiro atoms. The topological polar surface area (TPSA) is 54.0 Å². The van der Waals surface area contributed by atoms with E-state index in [4.69, 9.17) is 0 Å². The molecule has 0 saturated heterocycles. The lowest BCUT2D eigenvalue weighted by atomic mass is 9.77. The van der Waals surface area contributed by atoms with E-state index in [2.05, 4.69) is 21.0 Å². The Bertz CT molecular complexity index is 473. The number of rotatable bonds is 6. The van der Waals surface area contributed by atoms with Gasteiger partial charge in [-0.25, -0.2) is 4.98 Å². The number of hydrogen-bond donors (Lipinski definition) is 2. The first-order chi connectivity index (χ1) is 9.18. The van der Waals surface area contributed by atoms with E-state index in [1.165, 1.54) is 19.3 Å². The van der Waals surface area contributed by atoms with E-state index in [9.17, 15) is 4.79 Å². The molecule has 2 N–H and O–H groups in total. The minimum Gasteiger partial charge on any atom is -0.343 e. The van der Waals surface area contributed by atoms with Crippen molar-refractivity contribution in [2.45, 2.75) is 44.6 Å². The van der Waals surface area contributed by atoms with Gasteiger partial charge in [-0.2, -0.15) is 0 Å². The van der Waals surface area contributed by atoms with Crippen LogP contribution in [0.1, 0.15) is 42.8 Å². The van der Waals surface area contributed by atoms with Crippen LogP contribution in [0, 0.1) is 12.8 Å². The van der Waals surface area contributed by atoms with Gasteiger partial charge < -0.3 is 10.6 Å². The number of nitrogens with zero attached hydrogens (tertiary/aromatic N) is 1. The predicted molar refractivity (Wildman–Crippen MR) is 90.6 cm³/mol. The Morgan fingerprint density at radius 2 is 2.14 bits per heavy atom. The van der Waals surface area contributed by atoms with E-state index < -0.39 is 0 Å². The van der Waals surface area contributed by atoms with Crippen LogP contribution in [0.2, 0.25) is 0 Å². The molecule has 120 valence electrons. The first-order valence-electron chi connectivity index (χ1n) is 7.12. The zero-order valence-electron chi connectivity index (χ0n) is 12.2. The molecule has 1 aromatic rings. The molecule has 0 unspecified atom stereocenters. The van der Waals surface area contributed by atoms with Gasteiger partial charge in [0.2, 0.25) is 5.91 Å². The average molecular weight is 352 g/mol. The lowest BCUT2D eigenvalue weighted by Crippen LogP contribution is -2.53. The van der Waals surface area contributed by atoms with E-state index in [1.807, 2.05) is 6.92 Å². The molecule has 4 nitrogen and oxygen atoms in total. The Balaban J connectivity index is 0.00000110. The fraction of sp³-hybridized carbons (Fsp3) is 0.714. The average Bonchev–Trinajstić information content (AvgIpc) is 3.05. The highest BCUT2D eigenvalue weighted by atomic mass is 35.5. The monoisotopic (exact) mass is 351 g/mol. The van der Waals surface area contributed by atoms with Crippen LogP contribution in [-0.4, -0.2) is 24.0 Å². The number of nitrogens with one attached hydrogen (secondary N) is 2. The molecule has 0 radical (unpaired) electrons. The molecule has 21 heavy (non-hydrogen) atoms. The highest BCUT2D eigenvalue weighted by molar-refractivity contribution is 7.09. The Hall–Kier alpha value is -0.360. The van der Waals surface area contributed by atoms with Crippen LogP contribution in [0.15, 0.2) is 5.38 Å². The Kier molecular flexibility index (Phi) is 6.91. The molecular formula is C14H23Cl2N3OS. The highest BCUT2D eigenvalue weighted by Gasteiger charge is 2.42. The molecule has 0 aromatic carbocycles. The second-order valence-corrected chi connectivity index (χ2v) is 6.71. The van der Waals surface area contributed by atoms with Crippen LogP contribution in [0.25, 0.3) is 0 Å². The standard InChI is InChI=1S/C14H21N3OS.2ClH/c1-10-9-19-13(16-10)14(5-2-6-14)17-12(18)8-15-7-11-3-4-11;;/h9,11,15H,2-8H2,1H3,(H,17,18);2*1H. The summed E-state index contributed by atoms with van der Waals surface area (Å²) in [5.74, 6) is 0.917. The van der Waals surface area contributed by atoms with Crippen molar-refractivity contribution in [1.82, 2.24) is 15.6 Å². The Morgan fingerprint density at radius 1 is 1.43 bits per heavy atom. The third-order valence-corrected chi connectivity index (χ3v) is 5.19. The van der Waals surface area contributed by atoms with Crippen molar-refractivity contribution in [3.63, 3.8) is 0 Å².